The molecular formula is C82H86Cl2N8O29. The minimum absolute atomic E-state index is 0.0355. The van der Waals surface area contributed by atoms with Crippen LogP contribution in [0.3, 0.4) is 0 Å². The van der Waals surface area contributed by atoms with E-state index in [0.717, 1.165) is 111 Å². The third-order valence-corrected chi connectivity index (χ3v) is 22.1. The minimum atomic E-state index is -2.47. The molecule has 0 aliphatic carbocycles. The summed E-state index contributed by atoms with van der Waals surface area (Å²) in [5, 5.41) is 164. The van der Waals surface area contributed by atoms with Gasteiger partial charge in [0.15, 0.2) is 35.1 Å². The van der Waals surface area contributed by atoms with E-state index in [9.17, 15) is 85.6 Å². The standard InChI is InChI=1S/C82H86Cl2N8O29/c1-32(2)9-7-5-3-4-6-8-10-55(98)87-64-67(101)69(103)72(80(113)114)121-81(64)120-71-52-25-37-26-53(71)117-49-20-15-36(23-44(49)83)65(99)63-78(110)91-62(79(111)112)42-27-38(94)28-51(118-82-70(104)68(102)66(100)54(31-93)119-82)56(42)41-22-35(14-18-46(41)95)59(75(107)92-63)88-76(108)60(37)89-77(109)61-43-29-40(30-48(97)57(43)84)116-50-24-34(13-19-47(50)96)58(85)74(106)86-45(73(105)90-61)21-33-11-16-39(115-52)17-12-33/h11-20,22-30,32,45,54,58-70,72,81-82,93-97,99-104H,3-10,21,31,85H2,1-2H3,(H,86,106)(H,87,98)(H,88,108)(H,89,109)(H,90,105)(H,91,110)(H,92,107)(H,111,112)(H,113,114)/t45-,54-,58-,59-,60-,61+,62?,63+,64-,65-,66-,67-,68?,69+,70+,72-,81-,82+/m1/s1. The number of aliphatic hydroxyl groups excluding tert-OH is 7. The Bertz CT molecular complexity index is 5180. The molecule has 0 spiro atoms. The first-order chi connectivity index (χ1) is 57.6. The highest BCUT2D eigenvalue weighted by Crippen LogP contribution is 2.50. The van der Waals surface area contributed by atoms with Gasteiger partial charge in [-0.05, 0) is 113 Å². The van der Waals surface area contributed by atoms with E-state index in [1.54, 1.807) is 0 Å². The lowest BCUT2D eigenvalue weighted by molar-refractivity contribution is -0.277. The molecule has 8 aliphatic rings. The Morgan fingerprint density at radius 1 is 0.537 bits per heavy atom. The van der Waals surface area contributed by atoms with Crippen LogP contribution in [0.4, 0.5) is 0 Å². The van der Waals surface area contributed by atoms with Crippen molar-refractivity contribution in [1.29, 1.82) is 0 Å². The number of unbranched alkanes of at least 4 members (excludes halogenated alkanes) is 5. The summed E-state index contributed by atoms with van der Waals surface area (Å²) in [5.41, 5.74) is 3.05. The number of carboxylic acids is 2. The molecule has 15 rings (SSSR count). The zero-order valence-electron chi connectivity index (χ0n) is 64.2. The van der Waals surface area contributed by atoms with Crippen molar-refractivity contribution in [2.75, 3.05) is 6.61 Å². The van der Waals surface area contributed by atoms with Crippen LogP contribution in [-0.4, -0.2) is 200 Å². The summed E-state index contributed by atoms with van der Waals surface area (Å²) in [6.07, 6.45) is -16.4. The fraction of sp³-hybridized carbons (Fsp3) is 0.378. The number of ether oxygens (including phenoxy) is 7. The van der Waals surface area contributed by atoms with Crippen LogP contribution in [0, 0.1) is 5.92 Å². The van der Waals surface area contributed by atoms with E-state index < -0.39 is 277 Å². The van der Waals surface area contributed by atoms with Crippen molar-refractivity contribution in [3.05, 3.63) is 164 Å². The molecule has 17 bridgehead atoms. The number of amides is 7. The third kappa shape index (κ3) is 18.9. The largest absolute Gasteiger partial charge is 0.508 e. The van der Waals surface area contributed by atoms with Crippen molar-refractivity contribution in [1.82, 2.24) is 37.2 Å². The summed E-state index contributed by atoms with van der Waals surface area (Å²) in [7, 11) is 0. The van der Waals surface area contributed by atoms with Crippen LogP contribution >= 0.6 is 23.2 Å². The minimum Gasteiger partial charge on any atom is -0.508 e. The number of aliphatic carboxylic acids is 2. The number of halogens is 2. The van der Waals surface area contributed by atoms with E-state index >= 15 is 24.0 Å². The van der Waals surface area contributed by atoms with E-state index in [1.807, 2.05) is 0 Å². The number of nitrogens with two attached hydrogens (primary N) is 1. The first-order valence-electron chi connectivity index (χ1n) is 38.5. The molecule has 2 fully saturated rings. The number of phenols is 4. The number of hydrogen-bond acceptors (Lipinski definition) is 28. The molecule has 39 heteroatoms. The monoisotopic (exact) mass is 1720 g/mol. The topological polar surface area (TPSA) is 591 Å². The predicted molar refractivity (Wildman–Crippen MR) is 419 cm³/mol. The Balaban J connectivity index is 1.03. The van der Waals surface area contributed by atoms with Gasteiger partial charge in [-0.1, -0.05) is 106 Å². The maximum absolute atomic E-state index is 16.6. The third-order valence-electron chi connectivity index (χ3n) is 21.4. The van der Waals surface area contributed by atoms with Gasteiger partial charge >= 0.3 is 11.9 Å². The Hall–Kier alpha value is -11.8. The highest BCUT2D eigenvalue weighted by Gasteiger charge is 2.52. The van der Waals surface area contributed by atoms with Gasteiger partial charge in [-0.2, -0.15) is 0 Å². The summed E-state index contributed by atoms with van der Waals surface area (Å²) in [6, 6.07) is 3.60. The molecule has 7 amide bonds. The van der Waals surface area contributed by atoms with Gasteiger partial charge in [-0.15, -0.1) is 0 Å². The Labute approximate surface area is 697 Å². The maximum Gasteiger partial charge on any atom is 0.335 e. The smallest absolute Gasteiger partial charge is 0.335 e. The van der Waals surface area contributed by atoms with Gasteiger partial charge in [0.1, 0.15) is 125 Å². The molecule has 0 radical (unpaired) electrons. The van der Waals surface area contributed by atoms with Gasteiger partial charge in [0.2, 0.25) is 59.7 Å². The summed E-state index contributed by atoms with van der Waals surface area (Å²) in [5.74, 6) is -19.4. The van der Waals surface area contributed by atoms with Crippen molar-refractivity contribution in [3.8, 4) is 80.1 Å². The average molecular weight is 1720 g/mol. The number of aromatic hydroxyl groups is 4. The van der Waals surface area contributed by atoms with Crippen molar-refractivity contribution < 1.29 is 143 Å². The number of nitrogens with one attached hydrogen (secondary N) is 7. The van der Waals surface area contributed by atoms with Gasteiger partial charge in [-0.25, -0.2) is 9.59 Å². The van der Waals surface area contributed by atoms with Crippen LogP contribution in [0.5, 0.6) is 69.0 Å². The van der Waals surface area contributed by atoms with Gasteiger partial charge in [0, 0.05) is 47.2 Å². The van der Waals surface area contributed by atoms with Gasteiger partial charge < -0.3 is 142 Å². The second kappa shape index (κ2) is 36.6. The lowest BCUT2D eigenvalue weighted by Gasteiger charge is -2.41. The molecule has 18 atom stereocenters. The summed E-state index contributed by atoms with van der Waals surface area (Å²) in [6.45, 7) is 3.26. The van der Waals surface area contributed by atoms with Crippen molar-refractivity contribution in [2.24, 2.45) is 11.7 Å². The van der Waals surface area contributed by atoms with Gasteiger partial charge in [-0.3, -0.25) is 33.6 Å². The van der Waals surface area contributed by atoms with Crippen LogP contribution < -0.4 is 66.6 Å². The molecule has 0 aromatic heterocycles. The fourth-order valence-electron chi connectivity index (χ4n) is 14.9. The molecule has 8 heterocycles. The highest BCUT2D eigenvalue weighted by atomic mass is 35.5. The second-order valence-corrected chi connectivity index (χ2v) is 31.1. The van der Waals surface area contributed by atoms with E-state index in [1.165, 1.54) is 36.4 Å². The fourth-order valence-corrected chi connectivity index (χ4v) is 15.4. The van der Waals surface area contributed by atoms with Crippen LogP contribution in [0.15, 0.2) is 115 Å². The van der Waals surface area contributed by atoms with Crippen LogP contribution in [0.25, 0.3) is 11.1 Å². The number of carbonyl (C=O) groups is 9. The predicted octanol–water partition coefficient (Wildman–Crippen LogP) is 3.92. The summed E-state index contributed by atoms with van der Waals surface area (Å²) < 4.78 is 43.8. The van der Waals surface area contributed by atoms with E-state index in [2.05, 4.69) is 51.1 Å². The van der Waals surface area contributed by atoms with E-state index in [4.69, 9.17) is 62.1 Å². The molecule has 2 unspecified atom stereocenters. The van der Waals surface area contributed by atoms with Gasteiger partial charge in [0.05, 0.1) is 16.7 Å². The molecule has 642 valence electrons. The summed E-state index contributed by atoms with van der Waals surface area (Å²) >= 11 is 14.1. The molecule has 7 aromatic rings. The second-order valence-electron chi connectivity index (χ2n) is 30.3. The highest BCUT2D eigenvalue weighted by molar-refractivity contribution is 6.33. The Morgan fingerprint density at radius 2 is 1.17 bits per heavy atom. The molecule has 121 heavy (non-hydrogen) atoms. The quantitative estimate of drug-likeness (QED) is 0.0574. The normalized spacial score (nSPS) is 26.6. The van der Waals surface area contributed by atoms with Crippen molar-refractivity contribution >= 4 is 76.5 Å². The zero-order valence-corrected chi connectivity index (χ0v) is 65.7. The Kier molecular flexibility index (Phi) is 26.3. The SMILES string of the molecule is CC(C)CCCCCCCCC(=O)N[C@H]1[C@H](Oc2c3cc4cc2Oc2ccc(cc2Cl)[C@@H](O)[C@@H]2NC(=O)[C@H](NC(=O)[C@@H]4NC(=O)[C@H]4NC(=O)[C@@H](Cc5ccc(cc5)O3)NC(=O)[C@H](N)c3ccc(O)c(c3)Oc3cc(O)c(Cl)c4c3)c3ccc(O)c(c3)-c3c(O[C@H]4O[C@H](CO)[C@@H](O)C(O)[C@@H]4O)cc(O)cc3C(C(=O)O)NC2=O)O[C@@H](C(=O)O)[C@@H](O)[C@@H]1O. The number of benzene rings is 7. The molecule has 22 N–H and O–H groups in total. The number of rotatable bonds is 17. The molecule has 0 saturated carbocycles. The lowest BCUT2D eigenvalue weighted by Crippen LogP contribution is -2.66. The molecule has 8 aliphatic heterocycles. The number of fused-ring (bicyclic) bond motifs is 14. The van der Waals surface area contributed by atoms with Crippen LogP contribution in [0.1, 0.15) is 140 Å². The number of carboxylic acid groups (broad SMARTS) is 2. The molecule has 37 nitrogen and oxygen atoms in total. The first-order valence-corrected chi connectivity index (χ1v) is 39.2. The molecular weight excluding hydrogens is 1630 g/mol. The number of carbonyl (C=O) groups excluding carboxylic acids is 7. The molecule has 7 aromatic carbocycles. The molecule has 2 saturated heterocycles. The van der Waals surface area contributed by atoms with E-state index in [-0.39, 0.29) is 34.6 Å². The van der Waals surface area contributed by atoms with Crippen molar-refractivity contribution in [2.45, 2.75) is 181 Å². The number of aliphatic hydroxyl groups is 7. The average Bonchev–Trinajstić information content (AvgIpc) is 0.748. The summed E-state index contributed by atoms with van der Waals surface area (Å²) in [4.78, 5) is 135. The van der Waals surface area contributed by atoms with Crippen molar-refractivity contribution in [3.63, 3.8) is 0 Å². The lowest BCUT2D eigenvalue weighted by atomic mass is 9.89. The van der Waals surface area contributed by atoms with Crippen LogP contribution in [-0.2, 0) is 59.0 Å². The van der Waals surface area contributed by atoms with E-state index in [0.29, 0.717) is 18.8 Å². The first kappa shape index (κ1) is 87.0. The zero-order chi connectivity index (χ0) is 86.9. The Morgan fingerprint density at radius 3 is 1.87 bits per heavy atom. The number of hydrogen-bond donors (Lipinski definition) is 21. The van der Waals surface area contributed by atoms with Gasteiger partial charge in [0.25, 0.3) is 0 Å². The number of phenolic OH excluding ortho intramolecular Hbond substituents is 4. The maximum atomic E-state index is 16.6. The van der Waals surface area contributed by atoms with Crippen LogP contribution in [0.2, 0.25) is 10.0 Å².